The molecule has 0 saturated heterocycles. The van der Waals surface area contributed by atoms with Crippen molar-refractivity contribution in [3.8, 4) is 5.75 Å². The maximum atomic E-state index is 5.97. The lowest BCUT2D eigenvalue weighted by atomic mass is 9.89. The standard InChI is InChI=1S/C15H20N4O/c1-20-12-7-5-6-11(10-12)13-17-14(16)19-15(18-13)8-3-2-4-9-15/h5-7,10H,2-4,8-9H2,1H3,(H3,16,17,18,19). The number of nitrogens with one attached hydrogen (secondary N) is 1. The number of guanidine groups is 1. The first-order chi connectivity index (χ1) is 9.71. The molecule has 3 rings (SSSR count). The molecule has 106 valence electrons. The van der Waals surface area contributed by atoms with Crippen LogP contribution in [-0.2, 0) is 0 Å². The number of nitrogens with two attached hydrogens (primary N) is 1. The van der Waals surface area contributed by atoms with Crippen molar-refractivity contribution < 1.29 is 4.74 Å². The number of hydrogen-bond donors (Lipinski definition) is 2. The Morgan fingerprint density at radius 2 is 2.00 bits per heavy atom. The molecule has 0 atom stereocenters. The molecule has 1 fully saturated rings. The van der Waals surface area contributed by atoms with Crippen molar-refractivity contribution in [1.82, 2.24) is 5.32 Å². The molecule has 1 saturated carbocycles. The zero-order chi connectivity index (χ0) is 14.0. The van der Waals surface area contributed by atoms with E-state index in [1.807, 2.05) is 24.3 Å². The fourth-order valence-electron chi connectivity index (χ4n) is 2.88. The van der Waals surface area contributed by atoms with Gasteiger partial charge in [0.05, 0.1) is 7.11 Å². The molecule has 0 unspecified atom stereocenters. The maximum Gasteiger partial charge on any atom is 0.196 e. The van der Waals surface area contributed by atoms with Crippen molar-refractivity contribution in [3.05, 3.63) is 29.8 Å². The molecule has 0 aromatic heterocycles. The fourth-order valence-corrected chi connectivity index (χ4v) is 2.88. The summed E-state index contributed by atoms with van der Waals surface area (Å²) in [7, 11) is 1.66. The Labute approximate surface area is 118 Å². The summed E-state index contributed by atoms with van der Waals surface area (Å²) in [5.41, 5.74) is 6.59. The van der Waals surface area contributed by atoms with E-state index >= 15 is 0 Å². The van der Waals surface area contributed by atoms with Crippen LogP contribution in [0.1, 0.15) is 37.7 Å². The van der Waals surface area contributed by atoms with Crippen molar-refractivity contribution in [2.45, 2.75) is 37.8 Å². The van der Waals surface area contributed by atoms with Gasteiger partial charge in [-0.1, -0.05) is 18.6 Å². The van der Waals surface area contributed by atoms with Crippen LogP contribution in [-0.4, -0.2) is 24.6 Å². The van der Waals surface area contributed by atoms with Crippen LogP contribution in [0, 0.1) is 0 Å². The van der Waals surface area contributed by atoms with Gasteiger partial charge in [-0.25, -0.2) is 9.98 Å². The second-order valence-electron chi connectivity index (χ2n) is 5.36. The van der Waals surface area contributed by atoms with E-state index in [1.165, 1.54) is 6.42 Å². The smallest absolute Gasteiger partial charge is 0.196 e. The van der Waals surface area contributed by atoms with Crippen LogP contribution in [0.3, 0.4) is 0 Å². The quantitative estimate of drug-likeness (QED) is 0.865. The highest BCUT2D eigenvalue weighted by Crippen LogP contribution is 2.34. The Bertz CT molecular complexity index is 559. The number of methoxy groups -OCH3 is 1. The molecule has 1 aliphatic heterocycles. The molecule has 5 nitrogen and oxygen atoms in total. The van der Waals surface area contributed by atoms with Crippen LogP contribution < -0.4 is 15.8 Å². The van der Waals surface area contributed by atoms with Gasteiger partial charge < -0.3 is 15.8 Å². The summed E-state index contributed by atoms with van der Waals surface area (Å²) in [4.78, 5) is 9.41. The van der Waals surface area contributed by atoms with Crippen molar-refractivity contribution in [1.29, 1.82) is 0 Å². The molecule has 1 heterocycles. The second-order valence-corrected chi connectivity index (χ2v) is 5.36. The van der Waals surface area contributed by atoms with E-state index in [0.29, 0.717) is 5.96 Å². The number of hydrogen-bond acceptors (Lipinski definition) is 5. The number of amidine groups is 1. The Morgan fingerprint density at radius 1 is 1.20 bits per heavy atom. The van der Waals surface area contributed by atoms with Crippen LogP contribution in [0.25, 0.3) is 0 Å². The SMILES string of the molecule is COc1cccc(C2=NC3(CCCCC3)N=C(N)N2)c1. The first-order valence-electron chi connectivity index (χ1n) is 7.07. The van der Waals surface area contributed by atoms with Crippen LogP contribution in [0.15, 0.2) is 34.3 Å². The minimum Gasteiger partial charge on any atom is -0.497 e. The van der Waals surface area contributed by atoms with Gasteiger partial charge in [0.1, 0.15) is 11.6 Å². The van der Waals surface area contributed by atoms with Gasteiger partial charge >= 0.3 is 0 Å². The molecule has 1 spiro atoms. The van der Waals surface area contributed by atoms with Crippen molar-refractivity contribution in [3.63, 3.8) is 0 Å². The van der Waals surface area contributed by atoms with Crippen LogP contribution in [0.2, 0.25) is 0 Å². The molecule has 0 bridgehead atoms. The van der Waals surface area contributed by atoms with E-state index in [0.717, 1.165) is 42.8 Å². The molecule has 2 aliphatic rings. The molecular formula is C15H20N4O. The average Bonchev–Trinajstić information content (AvgIpc) is 2.47. The van der Waals surface area contributed by atoms with Crippen LogP contribution in [0.5, 0.6) is 5.75 Å². The van der Waals surface area contributed by atoms with E-state index < -0.39 is 0 Å². The van der Waals surface area contributed by atoms with Gasteiger partial charge in [-0.3, -0.25) is 0 Å². The van der Waals surface area contributed by atoms with Gasteiger partial charge in [-0.2, -0.15) is 0 Å². The number of aliphatic imine (C=N–C) groups is 2. The Hall–Kier alpha value is -2.04. The lowest BCUT2D eigenvalue weighted by molar-refractivity contribution is 0.307. The zero-order valence-corrected chi connectivity index (χ0v) is 11.7. The normalized spacial score (nSPS) is 20.9. The summed E-state index contributed by atoms with van der Waals surface area (Å²) in [6.45, 7) is 0. The summed E-state index contributed by atoms with van der Waals surface area (Å²) in [5, 5.41) is 3.08. The number of rotatable bonds is 2. The summed E-state index contributed by atoms with van der Waals surface area (Å²) in [6, 6.07) is 7.83. The average molecular weight is 272 g/mol. The van der Waals surface area contributed by atoms with Crippen LogP contribution in [0.4, 0.5) is 0 Å². The highest BCUT2D eigenvalue weighted by atomic mass is 16.5. The van der Waals surface area contributed by atoms with E-state index in [-0.39, 0.29) is 5.66 Å². The third kappa shape index (κ3) is 2.48. The highest BCUT2D eigenvalue weighted by Gasteiger charge is 2.34. The monoisotopic (exact) mass is 272 g/mol. The first-order valence-corrected chi connectivity index (χ1v) is 7.07. The molecule has 1 aromatic carbocycles. The van der Waals surface area contributed by atoms with Gasteiger partial charge in [-0.05, 0) is 37.8 Å². The molecular weight excluding hydrogens is 252 g/mol. The molecule has 3 N–H and O–H groups in total. The minimum atomic E-state index is -0.355. The number of benzene rings is 1. The summed E-state index contributed by atoms with van der Waals surface area (Å²) in [5.74, 6) is 2.06. The van der Waals surface area contributed by atoms with Gasteiger partial charge in [0.2, 0.25) is 0 Å². The number of nitrogens with zero attached hydrogens (tertiary/aromatic N) is 2. The predicted molar refractivity (Wildman–Crippen MR) is 80.1 cm³/mol. The molecule has 0 radical (unpaired) electrons. The lowest BCUT2D eigenvalue weighted by Crippen LogP contribution is -2.47. The summed E-state index contributed by atoms with van der Waals surface area (Å²) >= 11 is 0. The lowest BCUT2D eigenvalue weighted by Gasteiger charge is -2.34. The fraction of sp³-hybridized carbons (Fsp3) is 0.467. The largest absolute Gasteiger partial charge is 0.497 e. The third-order valence-corrected chi connectivity index (χ3v) is 3.89. The van der Waals surface area contributed by atoms with Crippen molar-refractivity contribution >= 4 is 11.8 Å². The highest BCUT2D eigenvalue weighted by molar-refractivity contribution is 6.10. The Morgan fingerprint density at radius 3 is 2.75 bits per heavy atom. The van der Waals surface area contributed by atoms with Crippen LogP contribution >= 0.6 is 0 Å². The van der Waals surface area contributed by atoms with E-state index in [2.05, 4.69) is 10.3 Å². The van der Waals surface area contributed by atoms with Gasteiger partial charge in [0.25, 0.3) is 0 Å². The van der Waals surface area contributed by atoms with E-state index in [1.54, 1.807) is 7.11 Å². The summed E-state index contributed by atoms with van der Waals surface area (Å²) in [6.07, 6.45) is 5.53. The molecule has 0 amide bonds. The Kier molecular flexibility index (Phi) is 3.34. The second kappa shape index (κ2) is 5.15. The Balaban J connectivity index is 1.96. The summed E-state index contributed by atoms with van der Waals surface area (Å²) < 4.78 is 5.27. The van der Waals surface area contributed by atoms with Gasteiger partial charge in [0, 0.05) is 5.56 Å². The number of ether oxygens (including phenoxy) is 1. The van der Waals surface area contributed by atoms with Crippen molar-refractivity contribution in [2.24, 2.45) is 15.7 Å². The van der Waals surface area contributed by atoms with E-state index in [9.17, 15) is 0 Å². The predicted octanol–water partition coefficient (Wildman–Crippen LogP) is 2.02. The van der Waals surface area contributed by atoms with Crippen molar-refractivity contribution in [2.75, 3.05) is 7.11 Å². The minimum absolute atomic E-state index is 0.355. The molecule has 20 heavy (non-hydrogen) atoms. The molecule has 1 aliphatic carbocycles. The topological polar surface area (TPSA) is 72.0 Å². The van der Waals surface area contributed by atoms with Gasteiger partial charge in [0.15, 0.2) is 11.6 Å². The first kappa shape index (κ1) is 13.0. The molecule has 5 heteroatoms. The molecule has 1 aromatic rings. The zero-order valence-electron chi connectivity index (χ0n) is 11.7. The van der Waals surface area contributed by atoms with Gasteiger partial charge in [-0.15, -0.1) is 0 Å². The van der Waals surface area contributed by atoms with E-state index in [4.69, 9.17) is 15.5 Å². The maximum absolute atomic E-state index is 5.97. The third-order valence-electron chi connectivity index (χ3n) is 3.89.